The normalized spacial score (nSPS) is 24.0. The van der Waals surface area contributed by atoms with Gasteiger partial charge in [-0.2, -0.15) is 15.1 Å². The molecule has 0 radical (unpaired) electrons. The van der Waals surface area contributed by atoms with Crippen LogP contribution in [0.15, 0.2) is 24.4 Å². The van der Waals surface area contributed by atoms with Crippen molar-refractivity contribution in [3.05, 3.63) is 35.5 Å². The Morgan fingerprint density at radius 1 is 1.03 bits per heavy atom. The van der Waals surface area contributed by atoms with Crippen molar-refractivity contribution in [1.29, 1.82) is 0 Å². The summed E-state index contributed by atoms with van der Waals surface area (Å²) >= 11 is 0. The molecule has 1 N–H and O–H groups in total. The van der Waals surface area contributed by atoms with Crippen LogP contribution in [-0.2, 0) is 4.74 Å². The van der Waals surface area contributed by atoms with Crippen LogP contribution in [0.1, 0.15) is 42.7 Å². The molecule has 3 fully saturated rings. The smallest absolute Gasteiger partial charge is 0.320 e. The predicted octanol–water partition coefficient (Wildman–Crippen LogP) is 2.67. The zero-order valence-electron chi connectivity index (χ0n) is 20.6. The first-order chi connectivity index (χ1) is 17.1. The molecule has 0 saturated carbocycles. The molecule has 2 atom stereocenters. The van der Waals surface area contributed by atoms with Crippen molar-refractivity contribution >= 4 is 16.7 Å². The predicted molar refractivity (Wildman–Crippen MR) is 134 cm³/mol. The summed E-state index contributed by atoms with van der Waals surface area (Å²) < 4.78 is 12.9. The molecule has 9 nitrogen and oxygen atoms in total. The van der Waals surface area contributed by atoms with Gasteiger partial charge in [0.1, 0.15) is 5.82 Å². The number of hydrogen-bond acceptors (Lipinski definition) is 8. The minimum Gasteiger partial charge on any atom is -0.467 e. The molecule has 1 aromatic carbocycles. The van der Waals surface area contributed by atoms with Gasteiger partial charge in [0, 0.05) is 37.2 Å². The van der Waals surface area contributed by atoms with E-state index in [0.29, 0.717) is 30.3 Å². The third-order valence-electron chi connectivity index (χ3n) is 7.91. The zero-order valence-corrected chi connectivity index (χ0v) is 20.6. The van der Waals surface area contributed by atoms with E-state index >= 15 is 0 Å². The van der Waals surface area contributed by atoms with Crippen molar-refractivity contribution in [3.63, 3.8) is 0 Å². The molecule has 35 heavy (non-hydrogen) atoms. The second-order valence-electron chi connectivity index (χ2n) is 10.1. The Morgan fingerprint density at radius 3 is 2.57 bits per heavy atom. The summed E-state index contributed by atoms with van der Waals surface area (Å²) in [4.78, 5) is 13.8. The van der Waals surface area contributed by atoms with Gasteiger partial charge in [-0.1, -0.05) is 0 Å². The van der Waals surface area contributed by atoms with Crippen LogP contribution in [0.5, 0.6) is 6.01 Å². The maximum atomic E-state index is 10.00. The Hall–Kier alpha value is -2.75. The number of β-amino-alcohol motifs (C(OH)–C–C–N with tert-alkyl or cyclic N) is 1. The highest BCUT2D eigenvalue weighted by atomic mass is 16.5. The van der Waals surface area contributed by atoms with Gasteiger partial charge in [-0.25, -0.2) is 4.68 Å². The molecule has 3 aliphatic heterocycles. The fraction of sp³-hybridized carbons (Fsp3) is 0.577. The molecule has 3 saturated heterocycles. The molecule has 3 aromatic rings. The third kappa shape index (κ3) is 4.37. The van der Waals surface area contributed by atoms with Gasteiger partial charge in [0.25, 0.3) is 0 Å². The van der Waals surface area contributed by atoms with Gasteiger partial charge >= 0.3 is 6.01 Å². The lowest BCUT2D eigenvalue weighted by atomic mass is 9.86. The molecule has 6 rings (SSSR count). The van der Waals surface area contributed by atoms with Gasteiger partial charge in [0.05, 0.1) is 31.5 Å². The molecular formula is C26H34N6O3. The van der Waals surface area contributed by atoms with Gasteiger partial charge < -0.3 is 19.5 Å². The van der Waals surface area contributed by atoms with Crippen LogP contribution >= 0.6 is 0 Å². The number of ether oxygens (including phenoxy) is 2. The molecule has 5 heterocycles. The second-order valence-corrected chi connectivity index (χ2v) is 10.1. The molecule has 186 valence electrons. The molecule has 0 bridgehead atoms. The topological polar surface area (TPSA) is 88.8 Å². The van der Waals surface area contributed by atoms with Crippen molar-refractivity contribution in [3.8, 4) is 11.8 Å². The highest BCUT2D eigenvalue weighted by Crippen LogP contribution is 2.35. The van der Waals surface area contributed by atoms with E-state index in [1.807, 2.05) is 16.9 Å². The van der Waals surface area contributed by atoms with E-state index in [1.54, 1.807) is 7.11 Å². The van der Waals surface area contributed by atoms with Gasteiger partial charge in [0.15, 0.2) is 5.82 Å². The van der Waals surface area contributed by atoms with E-state index in [4.69, 9.17) is 14.6 Å². The fourth-order valence-electron chi connectivity index (χ4n) is 5.92. The van der Waals surface area contributed by atoms with Crippen LogP contribution in [0.25, 0.3) is 16.7 Å². The van der Waals surface area contributed by atoms with E-state index in [0.717, 1.165) is 62.4 Å². The van der Waals surface area contributed by atoms with E-state index in [9.17, 15) is 5.11 Å². The number of fused-ring (bicyclic) bond motifs is 1. The number of aliphatic hydroxyl groups is 1. The van der Waals surface area contributed by atoms with Crippen LogP contribution in [-0.4, -0.2) is 88.4 Å². The highest BCUT2D eigenvalue weighted by molar-refractivity contribution is 5.82. The van der Waals surface area contributed by atoms with E-state index in [-0.39, 0.29) is 6.10 Å². The number of anilines is 1. The summed E-state index contributed by atoms with van der Waals surface area (Å²) in [7, 11) is 1.58. The average Bonchev–Trinajstić information content (AvgIpc) is 3.64. The fourth-order valence-corrected chi connectivity index (χ4v) is 5.92. The SMILES string of the molecule is COc1nc(N2CC[C@@H](O)C2)cc(-n2ncc3cc(C)c(C4CCN(C5CCOC5)CC4)cc32)n1. The summed E-state index contributed by atoms with van der Waals surface area (Å²) in [5, 5.41) is 15.8. The summed E-state index contributed by atoms with van der Waals surface area (Å²) in [6, 6.07) is 7.40. The largest absolute Gasteiger partial charge is 0.467 e. The number of piperidine rings is 1. The number of nitrogens with zero attached hydrogens (tertiary/aromatic N) is 6. The lowest BCUT2D eigenvalue weighted by Gasteiger charge is -2.36. The summed E-state index contributed by atoms with van der Waals surface area (Å²) in [6.07, 6.45) is 5.81. The van der Waals surface area contributed by atoms with Crippen LogP contribution in [0.2, 0.25) is 0 Å². The number of aromatic nitrogens is 4. The Balaban J connectivity index is 1.31. The Kier molecular flexibility index (Phi) is 6.07. The van der Waals surface area contributed by atoms with Crippen molar-refractivity contribution in [2.45, 2.75) is 50.7 Å². The van der Waals surface area contributed by atoms with Crippen LogP contribution in [0, 0.1) is 6.92 Å². The van der Waals surface area contributed by atoms with E-state index in [2.05, 4.69) is 38.8 Å². The quantitative estimate of drug-likeness (QED) is 0.599. The lowest BCUT2D eigenvalue weighted by molar-refractivity contribution is 0.122. The molecular weight excluding hydrogens is 444 g/mol. The number of hydrogen-bond donors (Lipinski definition) is 1. The second kappa shape index (κ2) is 9.37. The number of benzene rings is 1. The summed E-state index contributed by atoms with van der Waals surface area (Å²) in [5.74, 6) is 1.97. The minimum atomic E-state index is -0.330. The minimum absolute atomic E-state index is 0.304. The number of aryl methyl sites for hydroxylation is 1. The monoisotopic (exact) mass is 478 g/mol. The number of likely N-dealkylation sites (tertiary alicyclic amines) is 1. The molecule has 9 heteroatoms. The molecule has 3 aliphatic rings. The highest BCUT2D eigenvalue weighted by Gasteiger charge is 2.29. The Bertz CT molecular complexity index is 1200. The molecule has 1 unspecified atom stereocenters. The summed E-state index contributed by atoms with van der Waals surface area (Å²) in [5.41, 5.74) is 3.78. The lowest BCUT2D eigenvalue weighted by Crippen LogP contribution is -2.41. The third-order valence-corrected chi connectivity index (χ3v) is 7.91. The van der Waals surface area contributed by atoms with Crippen molar-refractivity contribution in [2.24, 2.45) is 0 Å². The first-order valence-corrected chi connectivity index (χ1v) is 12.8. The number of aliphatic hydroxyl groups excluding tert-OH is 1. The van der Waals surface area contributed by atoms with Gasteiger partial charge in [-0.05, 0) is 74.9 Å². The molecule has 0 spiro atoms. The van der Waals surface area contributed by atoms with Crippen molar-refractivity contribution in [2.75, 3.05) is 51.4 Å². The Morgan fingerprint density at radius 2 is 1.86 bits per heavy atom. The molecule has 2 aromatic heterocycles. The van der Waals surface area contributed by atoms with Crippen molar-refractivity contribution in [1.82, 2.24) is 24.6 Å². The average molecular weight is 479 g/mol. The van der Waals surface area contributed by atoms with Crippen molar-refractivity contribution < 1.29 is 14.6 Å². The number of methoxy groups -OCH3 is 1. The first-order valence-electron chi connectivity index (χ1n) is 12.8. The Labute approximate surface area is 205 Å². The first kappa shape index (κ1) is 22.7. The van der Waals surface area contributed by atoms with Crippen LogP contribution < -0.4 is 9.64 Å². The molecule has 0 aliphatic carbocycles. The standard InChI is InChI=1S/C26H34N6O3/c1-17-11-19-14-27-32(25-13-24(28-26(29-25)34-2)31-9-5-21(33)15-31)23(19)12-22(17)18-3-7-30(8-4-18)20-6-10-35-16-20/h11-14,18,20-21,33H,3-10,15-16H2,1-2H3/t20?,21-/m1/s1. The van der Waals surface area contributed by atoms with Gasteiger partial charge in [-0.15, -0.1) is 0 Å². The van der Waals surface area contributed by atoms with E-state index in [1.165, 1.54) is 24.0 Å². The van der Waals surface area contributed by atoms with E-state index < -0.39 is 0 Å². The maximum absolute atomic E-state index is 10.00. The summed E-state index contributed by atoms with van der Waals surface area (Å²) in [6.45, 7) is 7.58. The zero-order chi connectivity index (χ0) is 23.9. The van der Waals surface area contributed by atoms with Gasteiger partial charge in [-0.3, -0.25) is 4.90 Å². The van der Waals surface area contributed by atoms with Crippen LogP contribution in [0.4, 0.5) is 5.82 Å². The van der Waals surface area contributed by atoms with Crippen LogP contribution in [0.3, 0.4) is 0 Å². The molecule has 0 amide bonds. The van der Waals surface area contributed by atoms with Gasteiger partial charge in [0.2, 0.25) is 0 Å². The maximum Gasteiger partial charge on any atom is 0.320 e. The number of rotatable bonds is 5.